The zero-order chi connectivity index (χ0) is 12.5. The quantitative estimate of drug-likeness (QED) is 0.871. The summed E-state index contributed by atoms with van der Waals surface area (Å²) in [5.74, 6) is 0.727. The van der Waals surface area contributed by atoms with Gasteiger partial charge in [0.05, 0.1) is 10.2 Å². The van der Waals surface area contributed by atoms with E-state index in [2.05, 4.69) is 47.4 Å². The smallest absolute Gasteiger partial charge is 0.295 e. The van der Waals surface area contributed by atoms with E-state index in [4.69, 9.17) is 0 Å². The van der Waals surface area contributed by atoms with Gasteiger partial charge in [-0.05, 0) is 40.9 Å². The van der Waals surface area contributed by atoms with Crippen molar-refractivity contribution in [1.29, 1.82) is 0 Å². The predicted molar refractivity (Wildman–Crippen MR) is 73.3 cm³/mol. The van der Waals surface area contributed by atoms with Gasteiger partial charge in [0.15, 0.2) is 0 Å². The molecule has 1 aromatic rings. The second-order valence-corrected chi connectivity index (χ2v) is 5.90. The van der Waals surface area contributed by atoms with Crippen molar-refractivity contribution in [1.82, 2.24) is 9.55 Å². The molecule has 0 N–H and O–H groups in total. The number of hydrogen-bond acceptors (Lipinski definition) is 3. The predicted octanol–water partition coefficient (Wildman–Crippen LogP) is 2.58. The molecule has 0 aliphatic heterocycles. The Morgan fingerprint density at radius 2 is 2.00 bits per heavy atom. The molecule has 0 bridgehead atoms. The molecule has 3 nitrogen and oxygen atoms in total. The third-order valence-corrected chi connectivity index (χ3v) is 4.55. The van der Waals surface area contributed by atoms with Crippen LogP contribution in [0.25, 0.3) is 0 Å². The van der Waals surface area contributed by atoms with Crippen LogP contribution in [0.1, 0.15) is 25.2 Å². The van der Waals surface area contributed by atoms with Gasteiger partial charge >= 0.3 is 5.69 Å². The fourth-order valence-electron chi connectivity index (χ4n) is 1.44. The molecule has 0 saturated carbocycles. The molecule has 1 rings (SSSR count). The number of rotatable bonds is 3. The van der Waals surface area contributed by atoms with Gasteiger partial charge in [-0.15, -0.1) is 0 Å². The molecule has 0 saturated heterocycles. The first-order valence-corrected chi connectivity index (χ1v) is 6.55. The van der Waals surface area contributed by atoms with Gasteiger partial charge in [-0.1, -0.05) is 13.8 Å². The summed E-state index contributed by atoms with van der Waals surface area (Å²) in [6.45, 7) is 8.55. The van der Waals surface area contributed by atoms with Crippen LogP contribution in [0.15, 0.2) is 9.27 Å². The van der Waals surface area contributed by atoms with Crippen LogP contribution >= 0.6 is 28.6 Å². The average Bonchev–Trinajstić information content (AvgIpc) is 2.21. The van der Waals surface area contributed by atoms with Crippen molar-refractivity contribution in [3.63, 3.8) is 0 Å². The number of thiol groups is 1. The van der Waals surface area contributed by atoms with Crippen LogP contribution in [0.5, 0.6) is 0 Å². The van der Waals surface area contributed by atoms with Crippen LogP contribution in [0.2, 0.25) is 0 Å². The van der Waals surface area contributed by atoms with Crippen LogP contribution in [-0.2, 0) is 6.54 Å². The van der Waals surface area contributed by atoms with Crippen LogP contribution < -0.4 is 5.69 Å². The highest BCUT2D eigenvalue weighted by atomic mass is 79.9. The molecule has 0 spiro atoms. The van der Waals surface area contributed by atoms with Gasteiger partial charge < -0.3 is 0 Å². The fraction of sp³-hybridized carbons (Fsp3) is 0.636. The Bertz CT molecular complexity index is 454. The maximum absolute atomic E-state index is 11.8. The van der Waals surface area contributed by atoms with Crippen molar-refractivity contribution in [2.24, 2.45) is 5.41 Å². The lowest BCUT2D eigenvalue weighted by molar-refractivity contribution is 0.339. The minimum absolute atomic E-state index is 0.0198. The first-order valence-electron chi connectivity index (χ1n) is 5.13. The monoisotopic (exact) mass is 304 g/mol. The molecule has 0 unspecified atom stereocenters. The van der Waals surface area contributed by atoms with Gasteiger partial charge in [-0.3, -0.25) is 4.57 Å². The van der Waals surface area contributed by atoms with Crippen molar-refractivity contribution in [2.75, 3.05) is 5.75 Å². The number of aryl methyl sites for hydroxylation is 1. The van der Waals surface area contributed by atoms with Crippen molar-refractivity contribution in [2.45, 2.75) is 34.2 Å². The first kappa shape index (κ1) is 13.8. The van der Waals surface area contributed by atoms with E-state index in [1.165, 1.54) is 0 Å². The van der Waals surface area contributed by atoms with Gasteiger partial charge in [0.2, 0.25) is 0 Å². The highest BCUT2D eigenvalue weighted by Gasteiger charge is 2.19. The summed E-state index contributed by atoms with van der Waals surface area (Å²) in [7, 11) is 0. The van der Waals surface area contributed by atoms with E-state index in [-0.39, 0.29) is 11.1 Å². The molecule has 16 heavy (non-hydrogen) atoms. The Morgan fingerprint density at radius 1 is 1.44 bits per heavy atom. The van der Waals surface area contributed by atoms with Crippen LogP contribution in [-0.4, -0.2) is 15.3 Å². The lowest BCUT2D eigenvalue weighted by atomic mass is 9.96. The molecule has 1 aromatic heterocycles. The molecule has 90 valence electrons. The molecule has 0 radical (unpaired) electrons. The van der Waals surface area contributed by atoms with E-state index in [1.54, 1.807) is 4.57 Å². The molecule has 1 heterocycles. The fourth-order valence-corrected chi connectivity index (χ4v) is 1.84. The SMILES string of the molecule is Cc1nc(=O)n(CC(C)(C)CS)c(C)c1Br. The van der Waals surface area contributed by atoms with Gasteiger partial charge in [-0.25, -0.2) is 4.79 Å². The molecule has 5 heteroatoms. The first-order chi connectivity index (χ1) is 7.28. The summed E-state index contributed by atoms with van der Waals surface area (Å²) in [6.07, 6.45) is 0. The summed E-state index contributed by atoms with van der Waals surface area (Å²) in [6, 6.07) is 0. The summed E-state index contributed by atoms with van der Waals surface area (Å²) in [5, 5.41) is 0. The normalized spacial score (nSPS) is 11.9. The van der Waals surface area contributed by atoms with Crippen molar-refractivity contribution >= 4 is 28.6 Å². The lowest BCUT2D eigenvalue weighted by Crippen LogP contribution is -2.33. The largest absolute Gasteiger partial charge is 0.348 e. The maximum Gasteiger partial charge on any atom is 0.348 e. The van der Waals surface area contributed by atoms with E-state index < -0.39 is 0 Å². The Morgan fingerprint density at radius 3 is 2.50 bits per heavy atom. The van der Waals surface area contributed by atoms with Crippen LogP contribution in [0, 0.1) is 19.3 Å². The van der Waals surface area contributed by atoms with Crippen LogP contribution in [0.4, 0.5) is 0 Å². The van der Waals surface area contributed by atoms with Crippen molar-refractivity contribution in [3.8, 4) is 0 Å². The Hall–Kier alpha value is -0.290. The van der Waals surface area contributed by atoms with E-state index in [9.17, 15) is 4.79 Å². The number of halogens is 1. The summed E-state index contributed by atoms with van der Waals surface area (Å²) in [5.41, 5.74) is 1.46. The lowest BCUT2D eigenvalue weighted by Gasteiger charge is -2.24. The molecular weight excluding hydrogens is 288 g/mol. The zero-order valence-electron chi connectivity index (χ0n) is 10.0. The van der Waals surface area contributed by atoms with Gasteiger partial charge in [0, 0.05) is 12.2 Å². The van der Waals surface area contributed by atoms with Gasteiger partial charge in [-0.2, -0.15) is 17.6 Å². The second kappa shape index (κ2) is 4.92. The van der Waals surface area contributed by atoms with E-state index >= 15 is 0 Å². The van der Waals surface area contributed by atoms with Crippen molar-refractivity contribution in [3.05, 3.63) is 26.3 Å². The maximum atomic E-state index is 11.8. The van der Waals surface area contributed by atoms with Gasteiger partial charge in [0.25, 0.3) is 0 Å². The Balaban J connectivity index is 3.25. The average molecular weight is 305 g/mol. The Kier molecular flexibility index (Phi) is 4.23. The molecule has 0 aliphatic carbocycles. The minimum atomic E-state index is -0.187. The number of hydrogen-bond donors (Lipinski definition) is 1. The molecule has 0 aromatic carbocycles. The second-order valence-electron chi connectivity index (χ2n) is 4.79. The highest BCUT2D eigenvalue weighted by Crippen LogP contribution is 2.22. The third kappa shape index (κ3) is 2.88. The van der Waals surface area contributed by atoms with E-state index in [0.29, 0.717) is 6.54 Å². The molecule has 0 fully saturated rings. The summed E-state index contributed by atoms with van der Waals surface area (Å²) < 4.78 is 2.61. The van der Waals surface area contributed by atoms with Crippen molar-refractivity contribution < 1.29 is 0 Å². The van der Waals surface area contributed by atoms with Crippen LogP contribution in [0.3, 0.4) is 0 Å². The number of aromatic nitrogens is 2. The topological polar surface area (TPSA) is 34.9 Å². The molecule has 0 atom stereocenters. The molecule has 0 amide bonds. The van der Waals surface area contributed by atoms with E-state index in [1.807, 2.05) is 13.8 Å². The van der Waals surface area contributed by atoms with Gasteiger partial charge in [0.1, 0.15) is 0 Å². The highest BCUT2D eigenvalue weighted by molar-refractivity contribution is 9.10. The standard InChI is InChI=1S/C11H17BrN2OS/c1-7-9(12)8(2)14(10(15)13-7)5-11(3,4)6-16/h16H,5-6H2,1-4H3. The summed E-state index contributed by atoms with van der Waals surface area (Å²) in [4.78, 5) is 15.8. The number of nitrogens with zero attached hydrogens (tertiary/aromatic N) is 2. The summed E-state index contributed by atoms with van der Waals surface area (Å²) >= 11 is 7.75. The minimum Gasteiger partial charge on any atom is -0.295 e. The van der Waals surface area contributed by atoms with E-state index in [0.717, 1.165) is 21.6 Å². The third-order valence-electron chi connectivity index (χ3n) is 2.55. The Labute approximate surface area is 110 Å². The zero-order valence-corrected chi connectivity index (χ0v) is 12.5. The molecule has 0 aliphatic rings. The molecular formula is C11H17BrN2OS.